The number of benzene rings is 1. The van der Waals surface area contributed by atoms with Crippen LogP contribution in [-0.4, -0.2) is 25.4 Å². The molecule has 2 rings (SSSR count). The van der Waals surface area contributed by atoms with Crippen molar-refractivity contribution < 1.29 is 18.6 Å². The van der Waals surface area contributed by atoms with Gasteiger partial charge >= 0.3 is 0 Å². The van der Waals surface area contributed by atoms with Crippen molar-refractivity contribution in [1.82, 2.24) is 0 Å². The Hall–Kier alpha value is -1.36. The highest BCUT2D eigenvalue weighted by molar-refractivity contribution is 5.49. The van der Waals surface area contributed by atoms with E-state index in [1.54, 1.807) is 0 Å². The molecule has 5 heteroatoms. The minimum Gasteiger partial charge on any atom is -0.494 e. The third kappa shape index (κ3) is 2.49. The van der Waals surface area contributed by atoms with Crippen LogP contribution in [0.1, 0.15) is 12.8 Å². The fraction of sp³-hybridized carbons (Fsp3) is 0.500. The fourth-order valence-corrected chi connectivity index (χ4v) is 1.67. The molecule has 0 spiro atoms. The van der Waals surface area contributed by atoms with Crippen molar-refractivity contribution in [3.63, 3.8) is 0 Å². The topological polar surface area (TPSA) is 41.5 Å². The van der Waals surface area contributed by atoms with Gasteiger partial charge < -0.3 is 15.2 Å². The monoisotopic (exact) mass is 243 g/mol. The number of nitrogens with one attached hydrogen (secondary N) is 1. The number of anilines is 1. The van der Waals surface area contributed by atoms with Gasteiger partial charge in [-0.05, 0) is 12.8 Å². The molecule has 0 aliphatic heterocycles. The molecular formula is C12H15F2NO2. The molecule has 0 atom stereocenters. The van der Waals surface area contributed by atoms with E-state index in [0.717, 1.165) is 25.0 Å². The molecule has 1 aromatic rings. The lowest BCUT2D eigenvalue weighted by Gasteiger charge is -2.15. The van der Waals surface area contributed by atoms with Crippen molar-refractivity contribution in [2.45, 2.75) is 12.8 Å². The lowest BCUT2D eigenvalue weighted by molar-refractivity contribution is 0.219. The number of aliphatic hydroxyl groups is 1. The molecule has 0 heterocycles. The second kappa shape index (κ2) is 4.49. The molecule has 94 valence electrons. The van der Waals surface area contributed by atoms with E-state index < -0.39 is 11.6 Å². The van der Waals surface area contributed by atoms with E-state index in [1.165, 1.54) is 7.11 Å². The van der Waals surface area contributed by atoms with E-state index in [-0.39, 0.29) is 23.5 Å². The molecule has 1 aliphatic rings. The van der Waals surface area contributed by atoms with Crippen LogP contribution in [0.15, 0.2) is 12.1 Å². The Labute approximate surface area is 98.4 Å². The maximum atomic E-state index is 13.5. The summed E-state index contributed by atoms with van der Waals surface area (Å²) in [6, 6.07) is 2.08. The first kappa shape index (κ1) is 12.1. The molecule has 1 aliphatic carbocycles. The molecule has 1 aromatic carbocycles. The molecule has 1 saturated carbocycles. The van der Waals surface area contributed by atoms with E-state index in [0.29, 0.717) is 6.54 Å². The van der Waals surface area contributed by atoms with Gasteiger partial charge in [0, 0.05) is 24.1 Å². The summed E-state index contributed by atoms with van der Waals surface area (Å²) in [6.07, 6.45) is 1.83. The normalized spacial score (nSPS) is 16.7. The molecule has 3 nitrogen and oxygen atoms in total. The first-order valence-corrected chi connectivity index (χ1v) is 5.48. The standard InChI is InChI=1S/C12H15F2NO2/c1-17-11-5-8(13)10(4-9(11)14)15-6-12(7-16)2-3-12/h4-5,15-16H,2-3,6-7H2,1H3. The maximum Gasteiger partial charge on any atom is 0.167 e. The Morgan fingerprint density at radius 2 is 2.06 bits per heavy atom. The number of hydrogen-bond donors (Lipinski definition) is 2. The van der Waals surface area contributed by atoms with Crippen LogP contribution in [0.5, 0.6) is 5.75 Å². The van der Waals surface area contributed by atoms with Crippen LogP contribution in [0.2, 0.25) is 0 Å². The quantitative estimate of drug-likeness (QED) is 0.832. The zero-order chi connectivity index (χ0) is 12.5. The summed E-state index contributed by atoms with van der Waals surface area (Å²) in [5, 5.41) is 11.9. The summed E-state index contributed by atoms with van der Waals surface area (Å²) in [5.74, 6) is -1.28. The molecule has 0 aromatic heterocycles. The molecule has 17 heavy (non-hydrogen) atoms. The van der Waals surface area contributed by atoms with Gasteiger partial charge in [-0.15, -0.1) is 0 Å². The lowest BCUT2D eigenvalue weighted by Crippen LogP contribution is -2.19. The van der Waals surface area contributed by atoms with Crippen LogP contribution >= 0.6 is 0 Å². The highest BCUT2D eigenvalue weighted by Crippen LogP contribution is 2.45. The van der Waals surface area contributed by atoms with Crippen molar-refractivity contribution in [3.8, 4) is 5.75 Å². The van der Waals surface area contributed by atoms with E-state index >= 15 is 0 Å². The Morgan fingerprint density at radius 1 is 1.35 bits per heavy atom. The van der Waals surface area contributed by atoms with Crippen molar-refractivity contribution in [2.24, 2.45) is 5.41 Å². The van der Waals surface area contributed by atoms with E-state index in [9.17, 15) is 8.78 Å². The third-order valence-corrected chi connectivity index (χ3v) is 3.19. The first-order valence-electron chi connectivity index (χ1n) is 5.48. The molecular weight excluding hydrogens is 228 g/mol. The Bertz CT molecular complexity index is 419. The van der Waals surface area contributed by atoms with Gasteiger partial charge in [0.25, 0.3) is 0 Å². The second-order valence-corrected chi connectivity index (χ2v) is 4.48. The molecule has 0 radical (unpaired) electrons. The van der Waals surface area contributed by atoms with E-state index in [2.05, 4.69) is 10.1 Å². The predicted molar refractivity (Wildman–Crippen MR) is 60.2 cm³/mol. The fourth-order valence-electron chi connectivity index (χ4n) is 1.67. The SMILES string of the molecule is COc1cc(F)c(NCC2(CO)CC2)cc1F. The molecule has 2 N–H and O–H groups in total. The Morgan fingerprint density at radius 3 is 2.59 bits per heavy atom. The van der Waals surface area contributed by atoms with Crippen LogP contribution < -0.4 is 10.1 Å². The van der Waals surface area contributed by atoms with Crippen LogP contribution in [-0.2, 0) is 0 Å². The average Bonchev–Trinajstić information content (AvgIpc) is 3.10. The zero-order valence-electron chi connectivity index (χ0n) is 9.59. The van der Waals surface area contributed by atoms with Gasteiger partial charge in [0.05, 0.1) is 19.4 Å². The summed E-state index contributed by atoms with van der Waals surface area (Å²) in [6.45, 7) is 0.520. The van der Waals surface area contributed by atoms with Crippen LogP contribution in [0.3, 0.4) is 0 Å². The van der Waals surface area contributed by atoms with Gasteiger partial charge in [-0.1, -0.05) is 0 Å². The minimum atomic E-state index is -0.606. The lowest BCUT2D eigenvalue weighted by atomic mass is 10.1. The molecule has 0 unspecified atom stereocenters. The smallest absolute Gasteiger partial charge is 0.167 e. The van der Waals surface area contributed by atoms with E-state index in [1.807, 2.05) is 0 Å². The first-order chi connectivity index (χ1) is 8.10. The number of methoxy groups -OCH3 is 1. The number of halogens is 2. The van der Waals surface area contributed by atoms with Crippen molar-refractivity contribution >= 4 is 5.69 Å². The van der Waals surface area contributed by atoms with Crippen LogP contribution in [0.25, 0.3) is 0 Å². The van der Waals surface area contributed by atoms with Gasteiger partial charge in [-0.3, -0.25) is 0 Å². The second-order valence-electron chi connectivity index (χ2n) is 4.48. The third-order valence-electron chi connectivity index (χ3n) is 3.19. The van der Waals surface area contributed by atoms with Crippen LogP contribution in [0, 0.1) is 17.0 Å². The average molecular weight is 243 g/mol. The summed E-state index contributed by atoms with van der Waals surface area (Å²) < 4.78 is 31.6. The Balaban J connectivity index is 2.08. The van der Waals surface area contributed by atoms with Gasteiger partial charge in [-0.25, -0.2) is 8.78 Å². The highest BCUT2D eigenvalue weighted by atomic mass is 19.1. The number of hydrogen-bond acceptors (Lipinski definition) is 3. The summed E-state index contributed by atoms with van der Waals surface area (Å²) >= 11 is 0. The Kier molecular flexibility index (Phi) is 3.19. The van der Waals surface area contributed by atoms with Gasteiger partial charge in [-0.2, -0.15) is 0 Å². The van der Waals surface area contributed by atoms with E-state index in [4.69, 9.17) is 5.11 Å². The summed E-state index contributed by atoms with van der Waals surface area (Å²) in [4.78, 5) is 0. The molecule has 0 bridgehead atoms. The largest absolute Gasteiger partial charge is 0.494 e. The summed E-state index contributed by atoms with van der Waals surface area (Å²) in [5.41, 5.74) is -0.0499. The molecule has 0 amide bonds. The van der Waals surface area contributed by atoms with Gasteiger partial charge in [0.15, 0.2) is 11.6 Å². The zero-order valence-corrected chi connectivity index (χ0v) is 9.59. The maximum absolute atomic E-state index is 13.5. The highest BCUT2D eigenvalue weighted by Gasteiger charge is 2.41. The molecule has 1 fully saturated rings. The van der Waals surface area contributed by atoms with Crippen LogP contribution in [0.4, 0.5) is 14.5 Å². The van der Waals surface area contributed by atoms with Crippen molar-refractivity contribution in [1.29, 1.82) is 0 Å². The number of ether oxygens (including phenoxy) is 1. The van der Waals surface area contributed by atoms with Crippen molar-refractivity contribution in [3.05, 3.63) is 23.8 Å². The van der Waals surface area contributed by atoms with Gasteiger partial charge in [0.2, 0.25) is 0 Å². The number of aliphatic hydroxyl groups excluding tert-OH is 1. The minimum absolute atomic E-state index is 0.0697. The predicted octanol–water partition coefficient (Wildman–Crippen LogP) is 2.16. The number of rotatable bonds is 5. The van der Waals surface area contributed by atoms with Gasteiger partial charge in [0.1, 0.15) is 5.82 Å². The molecule has 0 saturated heterocycles. The van der Waals surface area contributed by atoms with Crippen molar-refractivity contribution in [2.75, 3.05) is 25.6 Å². The summed E-state index contributed by atoms with van der Waals surface area (Å²) in [7, 11) is 1.29.